The Morgan fingerprint density at radius 3 is 2.41 bits per heavy atom. The van der Waals surface area contributed by atoms with E-state index in [4.69, 9.17) is 21.1 Å². The van der Waals surface area contributed by atoms with Crippen LogP contribution in [0.1, 0.15) is 36.6 Å². The highest BCUT2D eigenvalue weighted by atomic mass is 127. The predicted molar refractivity (Wildman–Crippen MR) is 174 cm³/mol. The van der Waals surface area contributed by atoms with Crippen molar-refractivity contribution in [2.24, 2.45) is 4.99 Å². The van der Waals surface area contributed by atoms with Gasteiger partial charge in [-0.15, -0.1) is 0 Å². The number of hydrogen-bond acceptors (Lipinski definition) is 6. The minimum Gasteiger partial charge on any atom is -0.487 e. The molecule has 0 amide bonds. The molecule has 0 N–H and O–H groups in total. The lowest BCUT2D eigenvalue weighted by atomic mass is 9.96. The maximum absolute atomic E-state index is 13.8. The molecule has 0 aliphatic carbocycles. The van der Waals surface area contributed by atoms with E-state index in [1.54, 1.807) is 26.0 Å². The van der Waals surface area contributed by atoms with Gasteiger partial charge in [0.05, 0.1) is 35.6 Å². The second kappa shape index (κ2) is 12.8. The van der Waals surface area contributed by atoms with Crippen molar-refractivity contribution in [3.05, 3.63) is 126 Å². The van der Waals surface area contributed by atoms with Gasteiger partial charge in [-0.25, -0.2) is 14.2 Å². The number of rotatable bonds is 7. The number of hydrogen-bond donors (Lipinski definition) is 0. The zero-order valence-electron chi connectivity index (χ0n) is 21.8. The Morgan fingerprint density at radius 2 is 1.78 bits per heavy atom. The fraction of sp³-hybridized carbons (Fsp3) is 0.167. The lowest BCUT2D eigenvalue weighted by Crippen LogP contribution is -2.39. The molecular formula is C30H22ClFI2N2O4S. The Labute approximate surface area is 271 Å². The quantitative estimate of drug-likeness (QED) is 0.161. The number of nitrogens with zero attached hydrogens (tertiary/aromatic N) is 2. The van der Waals surface area contributed by atoms with Crippen LogP contribution in [-0.2, 0) is 16.1 Å². The van der Waals surface area contributed by atoms with Crippen LogP contribution in [0.4, 0.5) is 4.39 Å². The van der Waals surface area contributed by atoms with Gasteiger partial charge in [-0.2, -0.15) is 0 Å². The number of halogens is 4. The number of allylic oxidation sites excluding steroid dienone is 1. The molecule has 0 saturated heterocycles. The first-order valence-electron chi connectivity index (χ1n) is 12.5. The minimum absolute atomic E-state index is 0.173. The van der Waals surface area contributed by atoms with Crippen LogP contribution in [0.25, 0.3) is 6.08 Å². The van der Waals surface area contributed by atoms with Crippen molar-refractivity contribution in [2.45, 2.75) is 26.5 Å². The summed E-state index contributed by atoms with van der Waals surface area (Å²) in [6, 6.07) is 16.4. The van der Waals surface area contributed by atoms with Gasteiger partial charge in [0, 0.05) is 5.02 Å². The van der Waals surface area contributed by atoms with E-state index in [0.717, 1.165) is 24.0 Å². The molecule has 1 atom stereocenters. The van der Waals surface area contributed by atoms with Gasteiger partial charge in [-0.3, -0.25) is 9.36 Å². The van der Waals surface area contributed by atoms with Gasteiger partial charge >= 0.3 is 5.97 Å². The molecule has 1 aromatic heterocycles. The summed E-state index contributed by atoms with van der Waals surface area (Å²) in [5, 5.41) is 0.670. The summed E-state index contributed by atoms with van der Waals surface area (Å²) in [5.41, 5.74) is 2.82. The SMILES string of the molecule is CCOC(=O)C1=C(C)N=c2s/c(=C\c3cc(I)c(OCc4ccc(Cl)cc4)c(I)c3)c(=O)n2[C@H]1c1ccc(F)cc1. The van der Waals surface area contributed by atoms with Crippen molar-refractivity contribution >= 4 is 80.2 Å². The Hall–Kier alpha value is -2.55. The van der Waals surface area contributed by atoms with Gasteiger partial charge in [-0.05, 0) is 118 Å². The summed E-state index contributed by atoms with van der Waals surface area (Å²) in [5.74, 6) is -0.217. The number of fused-ring (bicyclic) bond motifs is 1. The van der Waals surface area contributed by atoms with Crippen molar-refractivity contribution < 1.29 is 18.7 Å². The highest BCUT2D eigenvalue weighted by Crippen LogP contribution is 2.32. The third-order valence-electron chi connectivity index (χ3n) is 6.32. The standard InChI is InChI=1S/C30H22ClFI2N2O4S/c1-3-39-29(38)25-16(2)35-30-36(26(25)19-6-10-21(32)11-7-19)28(37)24(41-30)14-18-12-22(33)27(23(34)13-18)40-15-17-4-8-20(31)9-5-17/h4-14,26H,3,15H2,1-2H3/b24-14-/t26-/m0/s1. The number of ether oxygens (including phenoxy) is 2. The molecule has 210 valence electrons. The normalized spacial score (nSPS) is 15.0. The molecular weight excluding hydrogens is 793 g/mol. The molecule has 0 spiro atoms. The first kappa shape index (κ1) is 29.9. The molecule has 4 aromatic rings. The molecule has 6 nitrogen and oxygen atoms in total. The second-order valence-electron chi connectivity index (χ2n) is 9.08. The van der Waals surface area contributed by atoms with E-state index >= 15 is 0 Å². The monoisotopic (exact) mass is 814 g/mol. The molecule has 1 aliphatic rings. The Kier molecular flexibility index (Phi) is 9.31. The smallest absolute Gasteiger partial charge is 0.338 e. The number of benzene rings is 3. The third-order valence-corrected chi connectivity index (χ3v) is 9.16. The first-order valence-corrected chi connectivity index (χ1v) is 15.8. The van der Waals surface area contributed by atoms with Crippen LogP contribution in [0.5, 0.6) is 5.75 Å². The van der Waals surface area contributed by atoms with Gasteiger partial charge in [0.15, 0.2) is 4.80 Å². The van der Waals surface area contributed by atoms with Gasteiger partial charge in [0.1, 0.15) is 18.2 Å². The summed E-state index contributed by atoms with van der Waals surface area (Å²) in [4.78, 5) is 31.8. The molecule has 1 aliphatic heterocycles. The fourth-order valence-electron chi connectivity index (χ4n) is 4.44. The Bertz CT molecular complexity index is 1830. The zero-order chi connectivity index (χ0) is 29.3. The average molecular weight is 815 g/mol. The maximum Gasteiger partial charge on any atom is 0.338 e. The molecule has 0 fully saturated rings. The largest absolute Gasteiger partial charge is 0.487 e. The molecule has 0 bridgehead atoms. The van der Waals surface area contributed by atoms with Crippen LogP contribution in [-0.4, -0.2) is 17.1 Å². The number of aromatic nitrogens is 1. The molecule has 41 heavy (non-hydrogen) atoms. The van der Waals surface area contributed by atoms with Crippen LogP contribution >= 0.6 is 68.1 Å². The summed E-state index contributed by atoms with van der Waals surface area (Å²) < 4.78 is 28.9. The Balaban J connectivity index is 1.54. The van der Waals surface area contributed by atoms with E-state index < -0.39 is 17.8 Å². The predicted octanol–water partition coefficient (Wildman–Crippen LogP) is 6.38. The number of thiazole rings is 1. The van der Waals surface area contributed by atoms with Crippen molar-refractivity contribution in [3.8, 4) is 5.75 Å². The number of carbonyl (C=O) groups is 1. The molecule has 3 aromatic carbocycles. The van der Waals surface area contributed by atoms with Gasteiger partial charge < -0.3 is 9.47 Å². The van der Waals surface area contributed by atoms with E-state index in [9.17, 15) is 14.0 Å². The van der Waals surface area contributed by atoms with Gasteiger partial charge in [0.25, 0.3) is 5.56 Å². The van der Waals surface area contributed by atoms with Gasteiger partial charge in [-0.1, -0.05) is 47.2 Å². The molecule has 5 rings (SSSR count). The molecule has 0 unspecified atom stereocenters. The molecule has 0 saturated carbocycles. The van der Waals surface area contributed by atoms with E-state index in [0.29, 0.717) is 32.2 Å². The Morgan fingerprint density at radius 1 is 1.12 bits per heavy atom. The van der Waals surface area contributed by atoms with Crippen molar-refractivity contribution in [1.29, 1.82) is 0 Å². The average Bonchev–Trinajstić information content (AvgIpc) is 3.23. The minimum atomic E-state index is -0.794. The van der Waals surface area contributed by atoms with Crippen LogP contribution < -0.4 is 19.6 Å². The highest BCUT2D eigenvalue weighted by molar-refractivity contribution is 14.1. The molecule has 0 radical (unpaired) electrons. The highest BCUT2D eigenvalue weighted by Gasteiger charge is 2.33. The molecule has 11 heteroatoms. The molecule has 2 heterocycles. The van der Waals surface area contributed by atoms with Crippen molar-refractivity contribution in [3.63, 3.8) is 0 Å². The summed E-state index contributed by atoms with van der Waals surface area (Å²) in [6.07, 6.45) is 1.81. The summed E-state index contributed by atoms with van der Waals surface area (Å²) >= 11 is 11.7. The van der Waals surface area contributed by atoms with E-state index in [-0.39, 0.29) is 17.7 Å². The maximum atomic E-state index is 13.8. The zero-order valence-corrected chi connectivity index (χ0v) is 27.7. The topological polar surface area (TPSA) is 69.9 Å². The lowest BCUT2D eigenvalue weighted by molar-refractivity contribution is -0.139. The summed E-state index contributed by atoms with van der Waals surface area (Å²) in [7, 11) is 0. The van der Waals surface area contributed by atoms with E-state index in [1.807, 2.05) is 42.5 Å². The van der Waals surface area contributed by atoms with E-state index in [1.165, 1.54) is 28.0 Å². The lowest BCUT2D eigenvalue weighted by Gasteiger charge is -2.24. The van der Waals surface area contributed by atoms with Crippen molar-refractivity contribution in [1.82, 2.24) is 4.57 Å². The van der Waals surface area contributed by atoms with E-state index in [2.05, 4.69) is 50.2 Å². The van der Waals surface area contributed by atoms with Crippen LogP contribution in [0, 0.1) is 13.0 Å². The van der Waals surface area contributed by atoms with Gasteiger partial charge in [0.2, 0.25) is 0 Å². The first-order chi connectivity index (χ1) is 19.7. The summed E-state index contributed by atoms with van der Waals surface area (Å²) in [6.45, 7) is 4.00. The number of carbonyl (C=O) groups excluding carboxylic acids is 1. The fourth-order valence-corrected chi connectivity index (χ4v) is 7.74. The third kappa shape index (κ3) is 6.45. The van der Waals surface area contributed by atoms with Crippen molar-refractivity contribution in [2.75, 3.05) is 6.61 Å². The van der Waals surface area contributed by atoms with Crippen LogP contribution in [0.15, 0.2) is 81.7 Å². The second-order valence-corrected chi connectivity index (χ2v) is 12.9. The van der Waals surface area contributed by atoms with Crippen LogP contribution in [0.3, 0.4) is 0 Å². The number of esters is 1. The van der Waals surface area contributed by atoms with Crippen LogP contribution in [0.2, 0.25) is 5.02 Å².